The molecule has 0 unspecified atom stereocenters. The van der Waals surface area contributed by atoms with Crippen LogP contribution in [0.25, 0.3) is 21.8 Å². The van der Waals surface area contributed by atoms with Crippen molar-refractivity contribution in [3.63, 3.8) is 0 Å². The molecule has 4 aromatic rings. The minimum Gasteiger partial charge on any atom is -0.459 e. The van der Waals surface area contributed by atoms with Crippen molar-refractivity contribution in [3.05, 3.63) is 82.9 Å². The molecule has 0 bridgehead atoms. The van der Waals surface area contributed by atoms with Crippen LogP contribution in [0, 0.1) is 18.3 Å². The monoisotopic (exact) mass is 425 g/mol. The van der Waals surface area contributed by atoms with Gasteiger partial charge in [-0.25, -0.2) is 0 Å². The Labute approximate surface area is 186 Å². The number of furan rings is 1. The molecule has 2 aromatic carbocycles. The number of nitrogens with zero attached hydrogens (tertiary/aromatic N) is 3. The van der Waals surface area contributed by atoms with E-state index in [-0.39, 0.29) is 0 Å². The largest absolute Gasteiger partial charge is 0.459 e. The fourth-order valence-corrected chi connectivity index (χ4v) is 4.81. The summed E-state index contributed by atoms with van der Waals surface area (Å²) in [5.41, 5.74) is 5.91. The highest BCUT2D eigenvalue weighted by Gasteiger charge is 2.22. The van der Waals surface area contributed by atoms with Crippen molar-refractivity contribution >= 4 is 22.7 Å². The van der Waals surface area contributed by atoms with Crippen LogP contribution in [0.4, 0.5) is 11.4 Å². The van der Waals surface area contributed by atoms with Crippen LogP contribution in [-0.4, -0.2) is 20.1 Å². The Morgan fingerprint density at radius 3 is 2.52 bits per heavy atom. The lowest BCUT2D eigenvalue weighted by atomic mass is 10.1. The van der Waals surface area contributed by atoms with E-state index in [1.165, 1.54) is 28.3 Å². The lowest BCUT2D eigenvalue weighted by molar-refractivity contribution is 0.512. The van der Waals surface area contributed by atoms with Crippen LogP contribution in [0.3, 0.4) is 0 Å². The van der Waals surface area contributed by atoms with Crippen molar-refractivity contribution in [2.75, 3.05) is 29.9 Å². The van der Waals surface area contributed by atoms with Crippen LogP contribution in [0.15, 0.2) is 71.1 Å². The molecular formula is C26H23N3OS. The molecule has 154 valence electrons. The molecular weight excluding hydrogens is 402 g/mol. The van der Waals surface area contributed by atoms with E-state index in [4.69, 9.17) is 9.68 Å². The first-order chi connectivity index (χ1) is 15.1. The number of hydrogen-bond acceptors (Lipinski definition) is 5. The topological polar surface area (TPSA) is 43.4 Å². The third-order valence-electron chi connectivity index (χ3n) is 5.78. The summed E-state index contributed by atoms with van der Waals surface area (Å²) in [6, 6.07) is 25.3. The number of likely N-dealkylation sites (N-methyl/N-ethyl adjacent to an activating group) is 1. The number of rotatable bonds is 4. The third-order valence-corrected chi connectivity index (χ3v) is 6.82. The predicted octanol–water partition coefficient (Wildman–Crippen LogP) is 6.31. The van der Waals surface area contributed by atoms with Gasteiger partial charge in [-0.1, -0.05) is 35.9 Å². The van der Waals surface area contributed by atoms with Crippen LogP contribution in [0.1, 0.15) is 16.2 Å². The highest BCUT2D eigenvalue weighted by atomic mass is 32.1. The zero-order valence-corrected chi connectivity index (χ0v) is 18.4. The number of nitriles is 1. The Bertz CT molecular complexity index is 1260. The maximum absolute atomic E-state index is 9.16. The van der Waals surface area contributed by atoms with Gasteiger partial charge in [0, 0.05) is 30.6 Å². The van der Waals surface area contributed by atoms with Crippen molar-refractivity contribution in [1.82, 2.24) is 0 Å². The summed E-state index contributed by atoms with van der Waals surface area (Å²) >= 11 is 1.53. The van der Waals surface area contributed by atoms with Crippen LogP contribution < -0.4 is 9.80 Å². The van der Waals surface area contributed by atoms with E-state index in [1.54, 1.807) is 0 Å². The Balaban J connectivity index is 1.44. The van der Waals surface area contributed by atoms with Gasteiger partial charge in [-0.15, -0.1) is 11.3 Å². The van der Waals surface area contributed by atoms with E-state index in [2.05, 4.69) is 84.4 Å². The van der Waals surface area contributed by atoms with E-state index in [9.17, 15) is 0 Å². The minimum atomic E-state index is 0.726. The van der Waals surface area contributed by atoms with Crippen molar-refractivity contribution in [1.29, 1.82) is 5.26 Å². The molecule has 1 aliphatic rings. The average molecular weight is 426 g/mol. The smallest absolute Gasteiger partial charge is 0.134 e. The first-order valence-corrected chi connectivity index (χ1v) is 11.2. The van der Waals surface area contributed by atoms with Gasteiger partial charge < -0.3 is 14.2 Å². The molecule has 0 saturated carbocycles. The van der Waals surface area contributed by atoms with Gasteiger partial charge in [0.25, 0.3) is 0 Å². The van der Waals surface area contributed by atoms with E-state index in [1.807, 2.05) is 12.1 Å². The molecule has 31 heavy (non-hydrogen) atoms. The lowest BCUT2D eigenvalue weighted by Gasteiger charge is -2.37. The summed E-state index contributed by atoms with van der Waals surface area (Å²) in [7, 11) is 2.14. The molecule has 3 heterocycles. The highest BCUT2D eigenvalue weighted by Crippen LogP contribution is 2.39. The molecule has 0 saturated heterocycles. The van der Waals surface area contributed by atoms with Gasteiger partial charge in [-0.05, 0) is 48.9 Å². The number of aryl methyl sites for hydroxylation is 1. The average Bonchev–Trinajstić information content (AvgIpc) is 3.46. The molecule has 0 aliphatic carbocycles. The molecule has 2 aromatic heterocycles. The molecule has 0 radical (unpaired) electrons. The normalized spacial score (nSPS) is 13.2. The lowest BCUT2D eigenvalue weighted by Crippen LogP contribution is -2.38. The quantitative estimate of drug-likeness (QED) is 0.384. The summed E-state index contributed by atoms with van der Waals surface area (Å²) in [5, 5.41) is 9.16. The van der Waals surface area contributed by atoms with Crippen molar-refractivity contribution in [3.8, 4) is 27.8 Å². The van der Waals surface area contributed by atoms with Gasteiger partial charge in [0.2, 0.25) is 0 Å². The number of hydrogen-bond donors (Lipinski definition) is 0. The summed E-state index contributed by atoms with van der Waals surface area (Å²) in [5.74, 6) is 1.86. The van der Waals surface area contributed by atoms with Gasteiger partial charge in [0.1, 0.15) is 22.5 Å². The van der Waals surface area contributed by atoms with Gasteiger partial charge in [-0.3, -0.25) is 0 Å². The Hall–Kier alpha value is -3.49. The molecule has 0 fully saturated rings. The summed E-state index contributed by atoms with van der Waals surface area (Å²) < 4.78 is 6.20. The minimum absolute atomic E-state index is 0.726. The molecule has 1 aliphatic heterocycles. The number of fused-ring (bicyclic) bond motifs is 1. The standard InChI is InChI=1S/C26H23N3OS/c1-18-3-5-19(6-4-18)25-11-8-21(30-25)17-29-14-13-28(2)23-10-7-20(15-24(23)29)26-12-9-22(16-27)31-26/h3-12,15H,13-14,17H2,1-2H3. The number of thiophene rings is 1. The predicted molar refractivity (Wildman–Crippen MR) is 128 cm³/mol. The SMILES string of the molecule is Cc1ccc(-c2ccc(CN3CCN(C)c4ccc(-c5ccc(C#N)s5)cc43)o2)cc1. The fourth-order valence-electron chi connectivity index (χ4n) is 4.01. The maximum atomic E-state index is 9.16. The van der Waals surface area contributed by atoms with Crippen molar-refractivity contribution < 1.29 is 4.42 Å². The number of benzene rings is 2. The Kier molecular flexibility index (Phi) is 5.01. The Morgan fingerprint density at radius 2 is 1.74 bits per heavy atom. The highest BCUT2D eigenvalue weighted by molar-refractivity contribution is 7.16. The van der Waals surface area contributed by atoms with Crippen molar-refractivity contribution in [2.45, 2.75) is 13.5 Å². The van der Waals surface area contributed by atoms with Crippen molar-refractivity contribution in [2.24, 2.45) is 0 Å². The second-order valence-electron chi connectivity index (χ2n) is 7.95. The zero-order valence-electron chi connectivity index (χ0n) is 17.6. The van der Waals surface area contributed by atoms with Gasteiger partial charge in [0.05, 0.1) is 17.9 Å². The molecule has 0 N–H and O–H groups in total. The van der Waals surface area contributed by atoms with E-state index in [0.29, 0.717) is 0 Å². The third kappa shape index (κ3) is 3.83. The van der Waals surface area contributed by atoms with Gasteiger partial charge in [0.15, 0.2) is 0 Å². The molecule has 0 atom stereocenters. The second-order valence-corrected chi connectivity index (χ2v) is 9.04. The summed E-state index contributed by atoms with van der Waals surface area (Å²) in [6.45, 7) is 4.72. The molecule has 4 nitrogen and oxygen atoms in total. The summed E-state index contributed by atoms with van der Waals surface area (Å²) in [4.78, 5) is 6.54. The van der Waals surface area contributed by atoms with Gasteiger partial charge in [-0.2, -0.15) is 5.26 Å². The van der Waals surface area contributed by atoms with Crippen LogP contribution in [0.5, 0.6) is 0 Å². The van der Waals surface area contributed by atoms with Crippen LogP contribution >= 0.6 is 11.3 Å². The van der Waals surface area contributed by atoms with E-state index < -0.39 is 0 Å². The first-order valence-electron chi connectivity index (χ1n) is 10.4. The van der Waals surface area contributed by atoms with E-state index >= 15 is 0 Å². The molecule has 0 spiro atoms. The Morgan fingerprint density at radius 1 is 0.935 bits per heavy atom. The maximum Gasteiger partial charge on any atom is 0.134 e. The summed E-state index contributed by atoms with van der Waals surface area (Å²) in [6.07, 6.45) is 0. The molecule has 5 rings (SSSR count). The van der Waals surface area contributed by atoms with Crippen LogP contribution in [0.2, 0.25) is 0 Å². The molecule has 0 amide bonds. The zero-order chi connectivity index (χ0) is 21.4. The second kappa shape index (κ2) is 7.98. The molecule has 5 heteroatoms. The number of anilines is 2. The van der Waals surface area contributed by atoms with Crippen LogP contribution in [-0.2, 0) is 6.54 Å². The first kappa shape index (κ1) is 19.5. The van der Waals surface area contributed by atoms with Gasteiger partial charge >= 0.3 is 0 Å². The van der Waals surface area contributed by atoms with E-state index in [0.717, 1.165) is 52.0 Å². The fraction of sp³-hybridized carbons (Fsp3) is 0.192.